The molecular formula is C6H9ClS. The smallest absolute Gasteiger partial charge is 0.0102 e. The van der Waals surface area contributed by atoms with Crippen LogP contribution >= 0.6 is 24.2 Å². The molecule has 0 amide bonds. The summed E-state index contributed by atoms with van der Waals surface area (Å²) in [4.78, 5) is 0. The van der Waals surface area contributed by atoms with Gasteiger partial charge in [-0.25, -0.2) is 0 Å². The molecule has 0 aliphatic rings. The number of thiol groups is 1. The van der Waals surface area contributed by atoms with Gasteiger partial charge in [0.15, 0.2) is 0 Å². The molecule has 0 aromatic heterocycles. The number of hydrogen-bond donors (Lipinski definition) is 1. The van der Waals surface area contributed by atoms with Crippen LogP contribution in [-0.4, -0.2) is 5.75 Å². The fourth-order valence-electron chi connectivity index (χ4n) is 0.372. The standard InChI is InChI=1S/C6H9ClS/c7-5-3-1-2-4-6-8/h8H,1-2,4,6H2. The predicted octanol–water partition coefficient (Wildman–Crippen LogP) is 2.29. The van der Waals surface area contributed by atoms with Crippen molar-refractivity contribution in [3.8, 4) is 11.3 Å². The summed E-state index contributed by atoms with van der Waals surface area (Å²) in [6.07, 6.45) is 3.15. The van der Waals surface area contributed by atoms with Gasteiger partial charge < -0.3 is 0 Å². The number of unbranched alkanes of at least 4 members (excludes halogenated alkanes) is 2. The minimum Gasteiger partial charge on any atom is -0.179 e. The molecule has 0 aromatic carbocycles. The highest BCUT2D eigenvalue weighted by Gasteiger charge is 1.79. The van der Waals surface area contributed by atoms with Gasteiger partial charge in [0.25, 0.3) is 0 Å². The fourth-order valence-corrected chi connectivity index (χ4v) is 0.691. The second kappa shape index (κ2) is 7.20. The Bertz CT molecular complexity index is 90.4. The predicted molar refractivity (Wildman–Crippen MR) is 41.3 cm³/mol. The third kappa shape index (κ3) is 6.20. The first-order valence-corrected chi connectivity index (χ1v) is 3.62. The molecule has 0 rings (SSSR count). The van der Waals surface area contributed by atoms with Crippen molar-refractivity contribution in [3.05, 3.63) is 0 Å². The monoisotopic (exact) mass is 148 g/mol. The van der Waals surface area contributed by atoms with Crippen LogP contribution < -0.4 is 0 Å². The Hall–Kier alpha value is 0.200. The number of rotatable bonds is 3. The molecule has 0 fully saturated rings. The lowest BCUT2D eigenvalue weighted by molar-refractivity contribution is 0.839. The lowest BCUT2D eigenvalue weighted by atomic mass is 10.3. The van der Waals surface area contributed by atoms with Crippen LogP contribution in [0.3, 0.4) is 0 Å². The first kappa shape index (κ1) is 8.20. The van der Waals surface area contributed by atoms with Gasteiger partial charge in [0.2, 0.25) is 0 Å². The van der Waals surface area contributed by atoms with Crippen molar-refractivity contribution in [1.29, 1.82) is 0 Å². The van der Waals surface area contributed by atoms with E-state index in [1.807, 2.05) is 0 Å². The van der Waals surface area contributed by atoms with Crippen molar-refractivity contribution in [2.45, 2.75) is 19.3 Å². The summed E-state index contributed by atoms with van der Waals surface area (Å²) in [5.41, 5.74) is 0. The Morgan fingerprint density at radius 2 is 2.12 bits per heavy atom. The zero-order chi connectivity index (χ0) is 6.24. The maximum absolute atomic E-state index is 5.10. The minimum absolute atomic E-state index is 0.907. The second-order valence-corrected chi connectivity index (χ2v) is 2.09. The maximum Gasteiger partial charge on any atom is 0.0102 e. The molecule has 0 heterocycles. The fraction of sp³-hybridized carbons (Fsp3) is 0.667. The van der Waals surface area contributed by atoms with Crippen molar-refractivity contribution >= 4 is 24.2 Å². The van der Waals surface area contributed by atoms with Crippen LogP contribution in [-0.2, 0) is 0 Å². The summed E-state index contributed by atoms with van der Waals surface area (Å²) in [5, 5.41) is 2.32. The molecule has 0 radical (unpaired) electrons. The van der Waals surface area contributed by atoms with Crippen molar-refractivity contribution in [2.75, 3.05) is 5.75 Å². The van der Waals surface area contributed by atoms with E-state index in [1.54, 1.807) is 0 Å². The molecule has 0 nitrogen and oxygen atoms in total. The normalized spacial score (nSPS) is 7.75. The van der Waals surface area contributed by atoms with Crippen LogP contribution in [0.25, 0.3) is 0 Å². The highest BCUT2D eigenvalue weighted by molar-refractivity contribution is 7.80. The van der Waals surface area contributed by atoms with Crippen LogP contribution in [0.1, 0.15) is 19.3 Å². The quantitative estimate of drug-likeness (QED) is 0.355. The first-order valence-electron chi connectivity index (χ1n) is 2.61. The van der Waals surface area contributed by atoms with Crippen molar-refractivity contribution in [3.63, 3.8) is 0 Å². The molecular weight excluding hydrogens is 140 g/mol. The van der Waals surface area contributed by atoms with Crippen molar-refractivity contribution < 1.29 is 0 Å². The Labute approximate surface area is 61.0 Å². The Kier molecular flexibility index (Phi) is 7.38. The molecule has 0 unspecified atom stereocenters. The van der Waals surface area contributed by atoms with Gasteiger partial charge in [-0.2, -0.15) is 12.6 Å². The van der Waals surface area contributed by atoms with E-state index in [9.17, 15) is 0 Å². The van der Waals surface area contributed by atoms with Gasteiger partial charge in [-0.3, -0.25) is 0 Å². The number of halogens is 1. The van der Waals surface area contributed by atoms with E-state index in [1.165, 1.54) is 0 Å². The van der Waals surface area contributed by atoms with Crippen molar-refractivity contribution in [2.24, 2.45) is 0 Å². The summed E-state index contributed by atoms with van der Waals surface area (Å²) in [7, 11) is 0. The lowest BCUT2D eigenvalue weighted by Crippen LogP contribution is -1.73. The summed E-state index contributed by atoms with van der Waals surface area (Å²) in [6, 6.07) is 0. The largest absolute Gasteiger partial charge is 0.179 e. The van der Waals surface area contributed by atoms with Gasteiger partial charge >= 0.3 is 0 Å². The average molecular weight is 149 g/mol. The molecule has 0 bridgehead atoms. The van der Waals surface area contributed by atoms with Gasteiger partial charge in [-0.05, 0) is 30.2 Å². The summed E-state index contributed by atoms with van der Waals surface area (Å²) in [6.45, 7) is 0. The van der Waals surface area contributed by atoms with E-state index in [0.717, 1.165) is 25.0 Å². The maximum atomic E-state index is 5.10. The van der Waals surface area contributed by atoms with Gasteiger partial charge in [0.1, 0.15) is 0 Å². The summed E-state index contributed by atoms with van der Waals surface area (Å²) in [5.74, 6) is 3.71. The second-order valence-electron chi connectivity index (χ2n) is 1.45. The van der Waals surface area contributed by atoms with E-state index >= 15 is 0 Å². The Morgan fingerprint density at radius 1 is 1.38 bits per heavy atom. The molecule has 2 heteroatoms. The molecule has 0 saturated heterocycles. The van der Waals surface area contributed by atoms with Gasteiger partial charge in [0, 0.05) is 11.8 Å². The van der Waals surface area contributed by atoms with E-state index in [-0.39, 0.29) is 0 Å². The van der Waals surface area contributed by atoms with Crippen LogP contribution in [0.4, 0.5) is 0 Å². The molecule has 46 valence electrons. The molecule has 8 heavy (non-hydrogen) atoms. The lowest BCUT2D eigenvalue weighted by Gasteiger charge is -1.86. The highest BCUT2D eigenvalue weighted by Crippen LogP contribution is 1.94. The van der Waals surface area contributed by atoms with E-state index in [0.29, 0.717) is 0 Å². The zero-order valence-corrected chi connectivity index (χ0v) is 6.30. The molecule has 0 N–H and O–H groups in total. The molecule has 0 aliphatic carbocycles. The van der Waals surface area contributed by atoms with Crippen LogP contribution in [0.15, 0.2) is 0 Å². The van der Waals surface area contributed by atoms with Gasteiger partial charge in [-0.15, -0.1) is 0 Å². The molecule has 0 aliphatic heterocycles. The third-order valence-electron chi connectivity index (χ3n) is 0.777. The molecule has 0 spiro atoms. The minimum atomic E-state index is 0.907. The third-order valence-corrected chi connectivity index (χ3v) is 1.23. The van der Waals surface area contributed by atoms with Crippen LogP contribution in [0.2, 0.25) is 0 Å². The summed E-state index contributed by atoms with van der Waals surface area (Å²) < 4.78 is 0. The molecule has 0 saturated carbocycles. The van der Waals surface area contributed by atoms with Crippen molar-refractivity contribution in [1.82, 2.24) is 0 Å². The first-order chi connectivity index (χ1) is 3.91. The molecule has 0 atom stereocenters. The van der Waals surface area contributed by atoms with E-state index in [4.69, 9.17) is 11.6 Å². The zero-order valence-electron chi connectivity index (χ0n) is 4.65. The van der Waals surface area contributed by atoms with Gasteiger partial charge in [0.05, 0.1) is 0 Å². The highest BCUT2D eigenvalue weighted by atomic mass is 35.5. The number of hydrogen-bond acceptors (Lipinski definition) is 1. The van der Waals surface area contributed by atoms with Crippen LogP contribution in [0, 0.1) is 11.3 Å². The SMILES string of the molecule is SCCCCC#CCl. The van der Waals surface area contributed by atoms with Gasteiger partial charge in [-0.1, -0.05) is 5.92 Å². The topological polar surface area (TPSA) is 0 Å². The van der Waals surface area contributed by atoms with Crippen LogP contribution in [0.5, 0.6) is 0 Å². The van der Waals surface area contributed by atoms with E-state index in [2.05, 4.69) is 23.9 Å². The summed E-state index contributed by atoms with van der Waals surface area (Å²) >= 11 is 9.14. The van der Waals surface area contributed by atoms with E-state index < -0.39 is 0 Å². The molecule has 0 aromatic rings. The Morgan fingerprint density at radius 3 is 2.62 bits per heavy atom. The Balaban J connectivity index is 2.79. The average Bonchev–Trinajstić information content (AvgIpc) is 1.81.